The van der Waals surface area contributed by atoms with E-state index in [4.69, 9.17) is 11.6 Å². The zero-order chi connectivity index (χ0) is 20.9. The highest BCUT2D eigenvalue weighted by Gasteiger charge is 2.28. The molecule has 0 aliphatic rings. The predicted molar refractivity (Wildman–Crippen MR) is 109 cm³/mol. The molecule has 0 saturated heterocycles. The van der Waals surface area contributed by atoms with Gasteiger partial charge in [-0.15, -0.1) is 0 Å². The highest BCUT2D eigenvalue weighted by atomic mass is 35.5. The molecule has 2 amide bonds. The van der Waals surface area contributed by atoms with Crippen LogP contribution in [0.25, 0.3) is 0 Å². The monoisotopic (exact) mass is 404 g/mol. The number of benzene rings is 2. The number of carbonyl (C=O) groups is 2. The fourth-order valence-corrected chi connectivity index (χ4v) is 2.85. The van der Waals surface area contributed by atoms with Gasteiger partial charge >= 0.3 is 0 Å². The van der Waals surface area contributed by atoms with E-state index in [-0.39, 0.29) is 30.6 Å². The molecule has 2 rings (SSSR count). The highest BCUT2D eigenvalue weighted by molar-refractivity contribution is 6.30. The van der Waals surface area contributed by atoms with Crippen molar-refractivity contribution in [2.24, 2.45) is 0 Å². The summed E-state index contributed by atoms with van der Waals surface area (Å²) in [4.78, 5) is 27.2. The van der Waals surface area contributed by atoms with Crippen molar-refractivity contribution in [2.45, 2.75) is 52.2 Å². The Morgan fingerprint density at radius 3 is 2.11 bits per heavy atom. The number of halogens is 2. The van der Waals surface area contributed by atoms with Gasteiger partial charge < -0.3 is 10.2 Å². The van der Waals surface area contributed by atoms with Gasteiger partial charge in [0.2, 0.25) is 11.8 Å². The molecule has 1 atom stereocenters. The second-order valence-corrected chi connectivity index (χ2v) is 8.30. The summed E-state index contributed by atoms with van der Waals surface area (Å²) in [5.74, 6) is -0.774. The van der Waals surface area contributed by atoms with Gasteiger partial charge in [0.1, 0.15) is 11.9 Å². The van der Waals surface area contributed by atoms with Gasteiger partial charge in [-0.05, 0) is 63.1 Å². The maximum Gasteiger partial charge on any atom is 0.242 e. The second-order valence-electron chi connectivity index (χ2n) is 7.87. The largest absolute Gasteiger partial charge is 0.350 e. The molecule has 0 bridgehead atoms. The molecule has 0 spiro atoms. The van der Waals surface area contributed by atoms with E-state index in [0.29, 0.717) is 5.02 Å². The molecular formula is C22H26ClFN2O2. The Kier molecular flexibility index (Phi) is 7.19. The van der Waals surface area contributed by atoms with Crippen molar-refractivity contribution < 1.29 is 14.0 Å². The standard InChI is InChI=1S/C22H26ClFN2O2/c1-15(21(28)25-22(2,3)4)26(14-17-7-11-19(24)12-8-17)20(27)13-16-5-9-18(23)10-6-16/h5-12,15H,13-14H2,1-4H3,(H,25,28)/t15-/m1/s1. The molecule has 0 fully saturated rings. The number of nitrogens with one attached hydrogen (secondary N) is 1. The first-order valence-electron chi connectivity index (χ1n) is 9.15. The lowest BCUT2D eigenvalue weighted by molar-refractivity contribution is -0.140. The molecule has 0 saturated carbocycles. The van der Waals surface area contributed by atoms with Gasteiger partial charge in [0, 0.05) is 17.1 Å². The fraction of sp³-hybridized carbons (Fsp3) is 0.364. The third-order valence-electron chi connectivity index (χ3n) is 4.20. The SMILES string of the molecule is C[C@H](C(=O)NC(C)(C)C)N(Cc1ccc(F)cc1)C(=O)Cc1ccc(Cl)cc1. The van der Waals surface area contributed by atoms with Crippen LogP contribution in [0.5, 0.6) is 0 Å². The van der Waals surface area contributed by atoms with E-state index in [9.17, 15) is 14.0 Å². The molecule has 4 nitrogen and oxygen atoms in total. The average molecular weight is 405 g/mol. The topological polar surface area (TPSA) is 49.4 Å². The maximum absolute atomic E-state index is 13.2. The van der Waals surface area contributed by atoms with Crippen molar-refractivity contribution in [3.63, 3.8) is 0 Å². The molecule has 0 heterocycles. The van der Waals surface area contributed by atoms with E-state index in [1.807, 2.05) is 20.8 Å². The Hall–Kier alpha value is -2.40. The molecule has 0 aliphatic heterocycles. The highest BCUT2D eigenvalue weighted by Crippen LogP contribution is 2.15. The Morgan fingerprint density at radius 1 is 1.04 bits per heavy atom. The molecule has 0 radical (unpaired) electrons. The summed E-state index contributed by atoms with van der Waals surface area (Å²) >= 11 is 5.91. The van der Waals surface area contributed by atoms with Crippen LogP contribution < -0.4 is 5.32 Å². The van der Waals surface area contributed by atoms with Crippen LogP contribution in [0, 0.1) is 5.82 Å². The molecule has 6 heteroatoms. The first-order chi connectivity index (χ1) is 13.0. The Balaban J connectivity index is 2.23. The summed E-state index contributed by atoms with van der Waals surface area (Å²) in [5.41, 5.74) is 1.15. The third kappa shape index (κ3) is 6.64. The molecule has 0 unspecified atom stereocenters. The summed E-state index contributed by atoms with van der Waals surface area (Å²) in [5, 5.41) is 3.50. The Labute approximate surface area is 170 Å². The van der Waals surface area contributed by atoms with Crippen LogP contribution in [0.2, 0.25) is 5.02 Å². The van der Waals surface area contributed by atoms with Crippen LogP contribution in [-0.4, -0.2) is 28.3 Å². The minimum Gasteiger partial charge on any atom is -0.350 e. The zero-order valence-corrected chi connectivity index (χ0v) is 17.4. The molecule has 2 aromatic carbocycles. The molecule has 28 heavy (non-hydrogen) atoms. The van der Waals surface area contributed by atoms with Gasteiger partial charge in [0.05, 0.1) is 6.42 Å². The normalized spacial score (nSPS) is 12.4. The van der Waals surface area contributed by atoms with Gasteiger partial charge in [-0.2, -0.15) is 0 Å². The van der Waals surface area contributed by atoms with Gasteiger partial charge in [-0.3, -0.25) is 9.59 Å². The van der Waals surface area contributed by atoms with Crippen molar-refractivity contribution >= 4 is 23.4 Å². The molecule has 0 aromatic heterocycles. The van der Waals surface area contributed by atoms with Crippen LogP contribution in [0.3, 0.4) is 0 Å². The first-order valence-corrected chi connectivity index (χ1v) is 9.53. The summed E-state index contributed by atoms with van der Waals surface area (Å²) in [7, 11) is 0. The lowest BCUT2D eigenvalue weighted by Gasteiger charge is -2.31. The van der Waals surface area contributed by atoms with Gasteiger partial charge in [-0.25, -0.2) is 4.39 Å². The van der Waals surface area contributed by atoms with Crippen LogP contribution in [-0.2, 0) is 22.6 Å². The van der Waals surface area contributed by atoms with E-state index >= 15 is 0 Å². The second kappa shape index (κ2) is 9.20. The number of hydrogen-bond donors (Lipinski definition) is 1. The molecule has 2 aromatic rings. The lowest BCUT2D eigenvalue weighted by atomic mass is 10.1. The summed E-state index contributed by atoms with van der Waals surface area (Å²) in [6.45, 7) is 7.57. The minimum atomic E-state index is -0.677. The smallest absolute Gasteiger partial charge is 0.242 e. The van der Waals surface area contributed by atoms with Crippen LogP contribution in [0.4, 0.5) is 4.39 Å². The van der Waals surface area contributed by atoms with Crippen molar-refractivity contribution in [3.05, 3.63) is 70.5 Å². The van der Waals surface area contributed by atoms with E-state index in [2.05, 4.69) is 5.32 Å². The summed E-state index contributed by atoms with van der Waals surface area (Å²) in [6.07, 6.45) is 0.144. The van der Waals surface area contributed by atoms with Gasteiger partial charge in [0.15, 0.2) is 0 Å². The third-order valence-corrected chi connectivity index (χ3v) is 4.45. The van der Waals surface area contributed by atoms with Crippen molar-refractivity contribution in [1.82, 2.24) is 10.2 Å². The van der Waals surface area contributed by atoms with Crippen molar-refractivity contribution in [1.29, 1.82) is 0 Å². The Morgan fingerprint density at radius 2 is 1.57 bits per heavy atom. The van der Waals surface area contributed by atoms with E-state index in [0.717, 1.165) is 11.1 Å². The molecule has 1 N–H and O–H groups in total. The van der Waals surface area contributed by atoms with Crippen molar-refractivity contribution in [2.75, 3.05) is 0 Å². The average Bonchev–Trinajstić information content (AvgIpc) is 2.61. The predicted octanol–water partition coefficient (Wildman–Crippen LogP) is 4.35. The summed E-state index contributed by atoms with van der Waals surface area (Å²) in [6, 6.07) is 12.3. The maximum atomic E-state index is 13.2. The zero-order valence-electron chi connectivity index (χ0n) is 16.6. The first kappa shape index (κ1) is 21.9. The minimum absolute atomic E-state index is 0.144. The number of nitrogens with zero attached hydrogens (tertiary/aromatic N) is 1. The van der Waals surface area contributed by atoms with E-state index in [1.165, 1.54) is 17.0 Å². The lowest BCUT2D eigenvalue weighted by Crippen LogP contribution is -2.52. The van der Waals surface area contributed by atoms with E-state index < -0.39 is 11.6 Å². The van der Waals surface area contributed by atoms with Gasteiger partial charge in [0.25, 0.3) is 0 Å². The molecule has 150 valence electrons. The molecular weight excluding hydrogens is 379 g/mol. The number of rotatable bonds is 6. The molecule has 0 aliphatic carbocycles. The number of amides is 2. The fourth-order valence-electron chi connectivity index (χ4n) is 2.72. The number of hydrogen-bond acceptors (Lipinski definition) is 2. The number of carbonyl (C=O) groups excluding carboxylic acids is 2. The van der Waals surface area contributed by atoms with Crippen LogP contribution in [0.15, 0.2) is 48.5 Å². The Bertz CT molecular complexity index is 814. The van der Waals surface area contributed by atoms with Gasteiger partial charge in [-0.1, -0.05) is 35.9 Å². The quantitative estimate of drug-likeness (QED) is 0.777. The van der Waals surface area contributed by atoms with E-state index in [1.54, 1.807) is 43.3 Å². The van der Waals surface area contributed by atoms with Crippen LogP contribution in [0.1, 0.15) is 38.8 Å². The summed E-state index contributed by atoms with van der Waals surface area (Å²) < 4.78 is 13.2. The van der Waals surface area contributed by atoms with Crippen molar-refractivity contribution in [3.8, 4) is 0 Å². The van der Waals surface area contributed by atoms with Crippen LogP contribution >= 0.6 is 11.6 Å².